The lowest BCUT2D eigenvalue weighted by atomic mass is 10.1. The molecule has 1 aliphatic heterocycles. The summed E-state index contributed by atoms with van der Waals surface area (Å²) in [5.41, 5.74) is 2.83. The molecular formula is C20H21ClN4O2. The van der Waals surface area contributed by atoms with E-state index >= 15 is 0 Å². The molecule has 0 aliphatic carbocycles. The van der Waals surface area contributed by atoms with Crippen molar-refractivity contribution in [1.82, 2.24) is 20.6 Å². The second-order valence-electron chi connectivity index (χ2n) is 6.48. The Balaban J connectivity index is 1.45. The van der Waals surface area contributed by atoms with Crippen molar-refractivity contribution in [2.24, 2.45) is 0 Å². The summed E-state index contributed by atoms with van der Waals surface area (Å²) in [6.07, 6.45) is 3.41. The number of rotatable bonds is 5. The van der Waals surface area contributed by atoms with Crippen molar-refractivity contribution in [2.45, 2.75) is 19.6 Å². The molecule has 2 N–H and O–H groups in total. The maximum atomic E-state index is 5.95. The summed E-state index contributed by atoms with van der Waals surface area (Å²) in [6.45, 7) is 5.02. The van der Waals surface area contributed by atoms with E-state index in [4.69, 9.17) is 20.8 Å². The summed E-state index contributed by atoms with van der Waals surface area (Å²) in [5.74, 6) is 2.12. The van der Waals surface area contributed by atoms with E-state index in [0.29, 0.717) is 17.5 Å². The lowest BCUT2D eigenvalue weighted by Gasteiger charge is -2.23. The molecule has 1 fully saturated rings. The Morgan fingerprint density at radius 3 is 2.85 bits per heavy atom. The molecule has 0 amide bonds. The van der Waals surface area contributed by atoms with Crippen LogP contribution in [0.25, 0.3) is 11.3 Å². The number of halogens is 1. The molecule has 1 saturated heterocycles. The molecule has 140 valence electrons. The Morgan fingerprint density at radius 1 is 1.22 bits per heavy atom. The number of hydrogen-bond donors (Lipinski definition) is 2. The second kappa shape index (κ2) is 8.08. The first-order chi connectivity index (χ1) is 13.2. The van der Waals surface area contributed by atoms with Gasteiger partial charge in [0.1, 0.15) is 18.1 Å². The average Bonchev–Trinajstić information content (AvgIpc) is 3.08. The zero-order chi connectivity index (χ0) is 18.6. The van der Waals surface area contributed by atoms with Gasteiger partial charge in [0.2, 0.25) is 5.88 Å². The fraction of sp³-hybridized carbons (Fsp3) is 0.300. The van der Waals surface area contributed by atoms with Crippen LogP contribution in [-0.4, -0.2) is 29.6 Å². The van der Waals surface area contributed by atoms with Crippen LogP contribution < -0.4 is 15.4 Å². The van der Waals surface area contributed by atoms with Gasteiger partial charge in [-0.25, -0.2) is 4.98 Å². The smallest absolute Gasteiger partial charge is 0.232 e. The number of hydrogen-bond acceptors (Lipinski definition) is 6. The van der Waals surface area contributed by atoms with Crippen LogP contribution in [0, 0.1) is 6.92 Å². The van der Waals surface area contributed by atoms with Gasteiger partial charge in [-0.2, -0.15) is 0 Å². The molecule has 3 heterocycles. The third kappa shape index (κ3) is 4.30. The zero-order valence-corrected chi connectivity index (χ0v) is 15.8. The van der Waals surface area contributed by atoms with Crippen molar-refractivity contribution in [3.05, 3.63) is 64.8 Å². The maximum Gasteiger partial charge on any atom is 0.232 e. The van der Waals surface area contributed by atoms with Crippen LogP contribution in [0.5, 0.6) is 5.88 Å². The third-order valence-electron chi connectivity index (χ3n) is 4.55. The first kappa shape index (κ1) is 18.0. The molecule has 27 heavy (non-hydrogen) atoms. The molecule has 0 radical (unpaired) electrons. The molecule has 0 spiro atoms. The van der Waals surface area contributed by atoms with Crippen LogP contribution in [0.3, 0.4) is 0 Å². The van der Waals surface area contributed by atoms with Gasteiger partial charge in [0.25, 0.3) is 0 Å². The number of benzene rings is 1. The molecule has 2 aromatic heterocycles. The van der Waals surface area contributed by atoms with E-state index in [0.717, 1.165) is 48.0 Å². The van der Waals surface area contributed by atoms with Crippen LogP contribution in [0.2, 0.25) is 5.02 Å². The fourth-order valence-electron chi connectivity index (χ4n) is 3.03. The summed E-state index contributed by atoms with van der Waals surface area (Å²) in [7, 11) is 0. The van der Waals surface area contributed by atoms with E-state index in [1.807, 2.05) is 37.3 Å². The third-order valence-corrected chi connectivity index (χ3v) is 4.81. The van der Waals surface area contributed by atoms with E-state index in [-0.39, 0.29) is 6.04 Å². The Morgan fingerprint density at radius 2 is 2.07 bits per heavy atom. The molecule has 4 rings (SSSR count). The Hall–Kier alpha value is -2.41. The van der Waals surface area contributed by atoms with Crippen LogP contribution in [0.1, 0.15) is 23.1 Å². The van der Waals surface area contributed by atoms with Gasteiger partial charge < -0.3 is 19.8 Å². The van der Waals surface area contributed by atoms with E-state index < -0.39 is 0 Å². The van der Waals surface area contributed by atoms with Crippen LogP contribution >= 0.6 is 11.6 Å². The van der Waals surface area contributed by atoms with Crippen molar-refractivity contribution in [3.63, 3.8) is 0 Å². The summed E-state index contributed by atoms with van der Waals surface area (Å²) < 4.78 is 11.7. The van der Waals surface area contributed by atoms with Crippen LogP contribution in [0.15, 0.2) is 47.1 Å². The minimum absolute atomic E-state index is 0.155. The lowest BCUT2D eigenvalue weighted by Crippen LogP contribution is -2.43. The Bertz CT molecular complexity index is 905. The quantitative estimate of drug-likeness (QED) is 0.701. The summed E-state index contributed by atoms with van der Waals surface area (Å²) in [5, 5.41) is 7.47. The van der Waals surface area contributed by atoms with Gasteiger partial charge in [-0.3, -0.25) is 4.98 Å². The van der Waals surface area contributed by atoms with E-state index in [2.05, 4.69) is 20.6 Å². The predicted octanol–water partition coefficient (Wildman–Crippen LogP) is 3.51. The van der Waals surface area contributed by atoms with Crippen molar-refractivity contribution in [2.75, 3.05) is 19.6 Å². The highest BCUT2D eigenvalue weighted by Crippen LogP contribution is 2.27. The van der Waals surface area contributed by atoms with E-state index in [9.17, 15) is 0 Å². The number of ether oxygens (including phenoxy) is 1. The fourth-order valence-corrected chi connectivity index (χ4v) is 3.16. The molecule has 3 aromatic rings. The van der Waals surface area contributed by atoms with Gasteiger partial charge in [-0.15, -0.1) is 0 Å². The second-order valence-corrected chi connectivity index (χ2v) is 6.92. The molecule has 7 heteroatoms. The van der Waals surface area contributed by atoms with Gasteiger partial charge >= 0.3 is 0 Å². The minimum Gasteiger partial charge on any atom is -0.472 e. The summed E-state index contributed by atoms with van der Waals surface area (Å²) in [6, 6.07) is 9.71. The molecular weight excluding hydrogens is 364 g/mol. The number of aromatic nitrogens is 2. The highest BCUT2D eigenvalue weighted by Gasteiger charge is 2.17. The van der Waals surface area contributed by atoms with E-state index in [1.165, 1.54) is 0 Å². The lowest BCUT2D eigenvalue weighted by molar-refractivity contribution is 0.287. The SMILES string of the molecule is Cc1oc(-c2ccc(Cl)cc2)cc1COc1cncc(C2CNCCN2)n1. The number of nitrogens with zero attached hydrogens (tertiary/aromatic N) is 2. The van der Waals surface area contributed by atoms with E-state index in [1.54, 1.807) is 12.4 Å². The summed E-state index contributed by atoms with van der Waals surface area (Å²) in [4.78, 5) is 8.85. The highest BCUT2D eigenvalue weighted by atomic mass is 35.5. The number of piperazine rings is 1. The predicted molar refractivity (Wildman–Crippen MR) is 104 cm³/mol. The van der Waals surface area contributed by atoms with Crippen LogP contribution in [-0.2, 0) is 6.61 Å². The standard InChI is InChI=1S/C20H21ClN4O2/c1-13-15(8-19(27-13)14-2-4-16(21)5-3-14)12-26-20-11-23-10-18(25-20)17-9-22-6-7-24-17/h2-5,8,10-11,17,22,24H,6-7,9,12H2,1H3. The average molecular weight is 385 g/mol. The largest absolute Gasteiger partial charge is 0.472 e. The molecule has 0 bridgehead atoms. The summed E-state index contributed by atoms with van der Waals surface area (Å²) >= 11 is 5.95. The number of furan rings is 1. The molecule has 1 aliphatic rings. The van der Waals surface area contributed by atoms with Crippen molar-refractivity contribution < 1.29 is 9.15 Å². The van der Waals surface area contributed by atoms with Gasteiger partial charge in [0.15, 0.2) is 0 Å². The van der Waals surface area contributed by atoms with Gasteiger partial charge in [-0.1, -0.05) is 11.6 Å². The first-order valence-electron chi connectivity index (χ1n) is 8.93. The topological polar surface area (TPSA) is 72.2 Å². The molecule has 1 aromatic carbocycles. The zero-order valence-electron chi connectivity index (χ0n) is 15.0. The maximum absolute atomic E-state index is 5.95. The van der Waals surface area contributed by atoms with Crippen molar-refractivity contribution >= 4 is 11.6 Å². The van der Waals surface area contributed by atoms with Gasteiger partial charge in [0.05, 0.1) is 24.1 Å². The van der Waals surface area contributed by atoms with Crippen molar-refractivity contribution in [1.29, 1.82) is 0 Å². The first-order valence-corrected chi connectivity index (χ1v) is 9.31. The number of aryl methyl sites for hydroxylation is 1. The highest BCUT2D eigenvalue weighted by molar-refractivity contribution is 6.30. The minimum atomic E-state index is 0.155. The molecule has 6 nitrogen and oxygen atoms in total. The number of nitrogens with one attached hydrogen (secondary N) is 2. The van der Waals surface area contributed by atoms with Gasteiger partial charge in [-0.05, 0) is 37.3 Å². The monoisotopic (exact) mass is 384 g/mol. The molecule has 1 unspecified atom stereocenters. The molecule has 0 saturated carbocycles. The Labute approximate surface area is 162 Å². The molecule has 1 atom stereocenters. The van der Waals surface area contributed by atoms with Crippen LogP contribution in [0.4, 0.5) is 0 Å². The normalized spacial score (nSPS) is 17.0. The van der Waals surface area contributed by atoms with Gasteiger partial charge in [0, 0.05) is 35.8 Å². The van der Waals surface area contributed by atoms with Crippen molar-refractivity contribution in [3.8, 4) is 17.2 Å². The Kier molecular flexibility index (Phi) is 5.38.